The van der Waals surface area contributed by atoms with E-state index in [4.69, 9.17) is 5.73 Å². The smallest absolute Gasteiger partial charge is 0.0266 e. The Kier molecular flexibility index (Phi) is 4.36. The third kappa shape index (κ3) is 3.68. The summed E-state index contributed by atoms with van der Waals surface area (Å²) in [6.45, 7) is 5.59. The SMILES string of the molecule is C/C=C(\C)NCCN. The number of rotatable bonds is 3. The lowest BCUT2D eigenvalue weighted by Gasteiger charge is -2.01. The van der Waals surface area contributed by atoms with Crippen molar-refractivity contribution in [2.24, 2.45) is 5.73 Å². The van der Waals surface area contributed by atoms with Crippen molar-refractivity contribution in [3.8, 4) is 0 Å². The second-order valence-electron chi connectivity index (χ2n) is 1.69. The van der Waals surface area contributed by atoms with Crippen LogP contribution in [0.1, 0.15) is 13.8 Å². The minimum absolute atomic E-state index is 0.700. The van der Waals surface area contributed by atoms with Gasteiger partial charge in [-0.05, 0) is 13.8 Å². The molecule has 0 fully saturated rings. The van der Waals surface area contributed by atoms with E-state index < -0.39 is 0 Å². The Morgan fingerprint density at radius 3 is 2.75 bits per heavy atom. The molecule has 0 amide bonds. The Labute approximate surface area is 50.8 Å². The lowest BCUT2D eigenvalue weighted by molar-refractivity contribution is 0.796. The summed E-state index contributed by atoms with van der Waals surface area (Å²) in [5, 5.41) is 3.12. The second-order valence-corrected chi connectivity index (χ2v) is 1.69. The predicted octanol–water partition coefficient (Wildman–Crippen LogP) is 0.458. The monoisotopic (exact) mass is 114 g/mol. The molecule has 0 saturated carbocycles. The Hall–Kier alpha value is -0.500. The Bertz CT molecular complexity index is 76.6. The maximum absolute atomic E-state index is 5.24. The summed E-state index contributed by atoms with van der Waals surface area (Å²) in [6.07, 6.45) is 2.02. The summed E-state index contributed by atoms with van der Waals surface area (Å²) < 4.78 is 0. The zero-order valence-corrected chi connectivity index (χ0v) is 5.57. The summed E-state index contributed by atoms with van der Waals surface area (Å²) >= 11 is 0. The van der Waals surface area contributed by atoms with E-state index in [0.717, 1.165) is 6.54 Å². The van der Waals surface area contributed by atoms with Gasteiger partial charge in [0.05, 0.1) is 0 Å². The highest BCUT2D eigenvalue weighted by Gasteiger charge is 1.79. The van der Waals surface area contributed by atoms with Crippen LogP contribution in [0.3, 0.4) is 0 Å². The van der Waals surface area contributed by atoms with Gasteiger partial charge in [0.25, 0.3) is 0 Å². The maximum Gasteiger partial charge on any atom is 0.0266 e. The summed E-state index contributed by atoms with van der Waals surface area (Å²) in [7, 11) is 0. The third-order valence-corrected chi connectivity index (χ3v) is 0.981. The molecule has 3 N–H and O–H groups in total. The number of nitrogens with two attached hydrogens (primary N) is 1. The minimum atomic E-state index is 0.700. The van der Waals surface area contributed by atoms with Crippen molar-refractivity contribution in [3.05, 3.63) is 11.8 Å². The summed E-state index contributed by atoms with van der Waals surface area (Å²) in [5.74, 6) is 0. The van der Waals surface area contributed by atoms with Gasteiger partial charge in [-0.1, -0.05) is 6.08 Å². The first kappa shape index (κ1) is 7.50. The van der Waals surface area contributed by atoms with Crippen LogP contribution in [0, 0.1) is 0 Å². The highest BCUT2D eigenvalue weighted by atomic mass is 14.9. The topological polar surface area (TPSA) is 38.0 Å². The number of hydrogen-bond acceptors (Lipinski definition) is 2. The van der Waals surface area contributed by atoms with Crippen molar-refractivity contribution in [2.75, 3.05) is 13.1 Å². The largest absolute Gasteiger partial charge is 0.388 e. The first-order valence-corrected chi connectivity index (χ1v) is 2.88. The van der Waals surface area contributed by atoms with Gasteiger partial charge in [-0.15, -0.1) is 0 Å². The highest BCUT2D eigenvalue weighted by Crippen LogP contribution is 1.80. The van der Waals surface area contributed by atoms with Crippen LogP contribution in [-0.2, 0) is 0 Å². The predicted molar refractivity (Wildman–Crippen MR) is 36.5 cm³/mol. The molecular weight excluding hydrogens is 100 g/mol. The zero-order chi connectivity index (χ0) is 6.41. The van der Waals surface area contributed by atoms with Crippen LogP contribution < -0.4 is 11.1 Å². The Morgan fingerprint density at radius 1 is 1.75 bits per heavy atom. The van der Waals surface area contributed by atoms with Crippen molar-refractivity contribution in [1.29, 1.82) is 0 Å². The molecule has 0 aromatic carbocycles. The van der Waals surface area contributed by atoms with Crippen LogP contribution in [0.25, 0.3) is 0 Å². The van der Waals surface area contributed by atoms with E-state index in [2.05, 4.69) is 5.32 Å². The van der Waals surface area contributed by atoms with Crippen LogP contribution in [-0.4, -0.2) is 13.1 Å². The van der Waals surface area contributed by atoms with E-state index in [9.17, 15) is 0 Å². The van der Waals surface area contributed by atoms with Gasteiger partial charge in [-0.3, -0.25) is 0 Å². The molecule has 0 bridgehead atoms. The van der Waals surface area contributed by atoms with Gasteiger partial charge in [-0.25, -0.2) is 0 Å². The molecule has 0 rings (SSSR count). The van der Waals surface area contributed by atoms with Gasteiger partial charge >= 0.3 is 0 Å². The molecule has 0 aliphatic rings. The summed E-state index contributed by atoms with van der Waals surface area (Å²) in [6, 6.07) is 0. The van der Waals surface area contributed by atoms with Gasteiger partial charge in [0.15, 0.2) is 0 Å². The number of hydrogen-bond donors (Lipinski definition) is 2. The first-order valence-electron chi connectivity index (χ1n) is 2.88. The fraction of sp³-hybridized carbons (Fsp3) is 0.667. The molecule has 0 radical (unpaired) electrons. The molecule has 8 heavy (non-hydrogen) atoms. The number of nitrogens with one attached hydrogen (secondary N) is 1. The number of allylic oxidation sites excluding steroid dienone is 2. The van der Waals surface area contributed by atoms with E-state index in [-0.39, 0.29) is 0 Å². The molecule has 0 aromatic rings. The van der Waals surface area contributed by atoms with Crippen molar-refractivity contribution < 1.29 is 0 Å². The highest BCUT2D eigenvalue weighted by molar-refractivity contribution is 4.91. The van der Waals surface area contributed by atoms with Crippen LogP contribution in [0.5, 0.6) is 0 Å². The Morgan fingerprint density at radius 2 is 2.38 bits per heavy atom. The third-order valence-electron chi connectivity index (χ3n) is 0.981. The molecule has 0 aromatic heterocycles. The minimum Gasteiger partial charge on any atom is -0.388 e. The van der Waals surface area contributed by atoms with E-state index >= 15 is 0 Å². The zero-order valence-electron chi connectivity index (χ0n) is 5.57. The lowest BCUT2D eigenvalue weighted by Crippen LogP contribution is -2.20. The van der Waals surface area contributed by atoms with Crippen LogP contribution >= 0.6 is 0 Å². The summed E-state index contributed by atoms with van der Waals surface area (Å²) in [4.78, 5) is 0. The average molecular weight is 114 g/mol. The van der Waals surface area contributed by atoms with Gasteiger partial charge in [0, 0.05) is 18.8 Å². The molecular formula is C6H14N2. The van der Waals surface area contributed by atoms with Crippen molar-refractivity contribution in [2.45, 2.75) is 13.8 Å². The molecule has 48 valence electrons. The van der Waals surface area contributed by atoms with Gasteiger partial charge in [-0.2, -0.15) is 0 Å². The van der Waals surface area contributed by atoms with E-state index in [1.165, 1.54) is 5.70 Å². The molecule has 0 saturated heterocycles. The van der Waals surface area contributed by atoms with Crippen LogP contribution in [0.15, 0.2) is 11.8 Å². The Balaban J connectivity index is 3.12. The van der Waals surface area contributed by atoms with Gasteiger partial charge in [0.2, 0.25) is 0 Å². The molecule has 0 heterocycles. The molecule has 0 spiro atoms. The molecule has 2 nitrogen and oxygen atoms in total. The van der Waals surface area contributed by atoms with Crippen LogP contribution in [0.4, 0.5) is 0 Å². The molecule has 0 aliphatic carbocycles. The molecule has 2 heteroatoms. The average Bonchev–Trinajstić information content (AvgIpc) is 1.83. The van der Waals surface area contributed by atoms with Gasteiger partial charge in [0.1, 0.15) is 0 Å². The van der Waals surface area contributed by atoms with Crippen molar-refractivity contribution >= 4 is 0 Å². The van der Waals surface area contributed by atoms with Crippen molar-refractivity contribution in [3.63, 3.8) is 0 Å². The van der Waals surface area contributed by atoms with E-state index in [1.54, 1.807) is 0 Å². The van der Waals surface area contributed by atoms with Crippen LogP contribution in [0.2, 0.25) is 0 Å². The summed E-state index contributed by atoms with van der Waals surface area (Å²) in [5.41, 5.74) is 6.43. The quantitative estimate of drug-likeness (QED) is 0.559. The second kappa shape index (κ2) is 4.65. The fourth-order valence-electron chi connectivity index (χ4n) is 0.371. The normalized spacial score (nSPS) is 11.6. The standard InChI is InChI=1S/C6H14N2/c1-3-6(2)8-5-4-7/h3,8H,4-5,7H2,1-2H3/b6-3+. The fourth-order valence-corrected chi connectivity index (χ4v) is 0.371. The van der Waals surface area contributed by atoms with Gasteiger partial charge < -0.3 is 11.1 Å². The first-order chi connectivity index (χ1) is 3.81. The molecule has 0 unspecified atom stereocenters. The lowest BCUT2D eigenvalue weighted by atomic mass is 10.4. The van der Waals surface area contributed by atoms with Crippen molar-refractivity contribution in [1.82, 2.24) is 5.32 Å². The van der Waals surface area contributed by atoms with E-state index in [1.807, 2.05) is 19.9 Å². The molecule has 0 atom stereocenters. The maximum atomic E-state index is 5.24. The van der Waals surface area contributed by atoms with E-state index in [0.29, 0.717) is 6.54 Å². The molecule has 0 aliphatic heterocycles.